The number of hydrogen-bond acceptors (Lipinski definition) is 5. The fourth-order valence-corrected chi connectivity index (χ4v) is 2.59. The number of nitrogens with zero attached hydrogens (tertiary/aromatic N) is 2. The minimum Gasteiger partial charge on any atom is -0.508 e. The van der Waals surface area contributed by atoms with Gasteiger partial charge in [0.15, 0.2) is 0 Å². The predicted molar refractivity (Wildman–Crippen MR) is 72.2 cm³/mol. The second-order valence-corrected chi connectivity index (χ2v) is 4.71. The fourth-order valence-electron chi connectivity index (χ4n) is 2.59. The number of hydrogen-bond donors (Lipinski definition) is 2. The summed E-state index contributed by atoms with van der Waals surface area (Å²) in [6, 6.07) is 4.27. The Bertz CT molecular complexity index is 458. The first-order chi connectivity index (χ1) is 9.13. The molecule has 2 rings (SSSR count). The molecule has 6 nitrogen and oxygen atoms in total. The second-order valence-electron chi connectivity index (χ2n) is 4.71. The van der Waals surface area contributed by atoms with Crippen LogP contribution in [0.1, 0.15) is 24.9 Å². The van der Waals surface area contributed by atoms with E-state index in [1.54, 1.807) is 0 Å². The molecule has 0 spiro atoms. The van der Waals surface area contributed by atoms with Crippen molar-refractivity contribution in [2.24, 2.45) is 0 Å². The molecule has 0 radical (unpaired) electrons. The lowest BCUT2D eigenvalue weighted by Crippen LogP contribution is -2.45. The molecule has 1 aliphatic heterocycles. The Morgan fingerprint density at radius 3 is 2.74 bits per heavy atom. The maximum atomic E-state index is 10.9. The molecule has 0 unspecified atom stereocenters. The van der Waals surface area contributed by atoms with Crippen molar-refractivity contribution in [1.29, 1.82) is 0 Å². The number of aromatic hydroxyl groups is 1. The maximum Gasteiger partial charge on any atom is 0.270 e. The molecule has 0 amide bonds. The molecule has 0 saturated carbocycles. The summed E-state index contributed by atoms with van der Waals surface area (Å²) in [6.45, 7) is 5.63. The van der Waals surface area contributed by atoms with E-state index in [1.807, 2.05) is 6.92 Å². The number of phenolic OH excluding ortho intramolecular Hbond substituents is 1. The smallest absolute Gasteiger partial charge is 0.270 e. The van der Waals surface area contributed by atoms with E-state index in [4.69, 9.17) is 0 Å². The van der Waals surface area contributed by atoms with Crippen LogP contribution in [0.3, 0.4) is 0 Å². The zero-order chi connectivity index (χ0) is 13.8. The van der Waals surface area contributed by atoms with Gasteiger partial charge in [0.25, 0.3) is 5.69 Å². The van der Waals surface area contributed by atoms with E-state index < -0.39 is 4.92 Å². The zero-order valence-electron chi connectivity index (χ0n) is 11.0. The summed E-state index contributed by atoms with van der Waals surface area (Å²) >= 11 is 0. The molecule has 1 aromatic carbocycles. The number of piperazine rings is 1. The van der Waals surface area contributed by atoms with Crippen LogP contribution in [0.4, 0.5) is 5.69 Å². The highest BCUT2D eigenvalue weighted by Crippen LogP contribution is 2.33. The van der Waals surface area contributed by atoms with Gasteiger partial charge in [-0.3, -0.25) is 15.0 Å². The Kier molecular flexibility index (Phi) is 4.34. The number of rotatable bonds is 4. The van der Waals surface area contributed by atoms with Crippen molar-refractivity contribution in [2.45, 2.75) is 19.4 Å². The molecule has 19 heavy (non-hydrogen) atoms. The standard InChI is InChI=1S/C13H19N3O3/c1-2-12(15-7-5-14-6-8-15)11-9-10(16(18)19)3-4-13(11)17/h3-4,9,12,14,17H,2,5-8H2,1H3/t12-/m0/s1. The van der Waals surface area contributed by atoms with Gasteiger partial charge in [-0.2, -0.15) is 0 Å². The zero-order valence-corrected chi connectivity index (χ0v) is 11.0. The average Bonchev–Trinajstić information content (AvgIpc) is 2.42. The summed E-state index contributed by atoms with van der Waals surface area (Å²) in [4.78, 5) is 12.7. The van der Waals surface area contributed by atoms with E-state index in [0.29, 0.717) is 5.56 Å². The minimum absolute atomic E-state index is 0.0291. The highest BCUT2D eigenvalue weighted by molar-refractivity contribution is 5.44. The van der Waals surface area contributed by atoms with E-state index in [2.05, 4.69) is 10.2 Å². The number of nitro groups is 1. The molecule has 0 aliphatic carbocycles. The van der Waals surface area contributed by atoms with E-state index >= 15 is 0 Å². The lowest BCUT2D eigenvalue weighted by Gasteiger charge is -2.34. The third kappa shape index (κ3) is 3.02. The molecule has 0 bridgehead atoms. The average molecular weight is 265 g/mol. The second kappa shape index (κ2) is 5.99. The van der Waals surface area contributed by atoms with Gasteiger partial charge in [0.1, 0.15) is 5.75 Å². The fraction of sp³-hybridized carbons (Fsp3) is 0.538. The Labute approximate surface area is 112 Å². The molecule has 6 heteroatoms. The van der Waals surface area contributed by atoms with Crippen molar-refractivity contribution in [2.75, 3.05) is 26.2 Å². The third-order valence-corrected chi connectivity index (χ3v) is 3.56. The van der Waals surface area contributed by atoms with Gasteiger partial charge in [-0.1, -0.05) is 6.92 Å². The number of phenols is 1. The minimum atomic E-state index is -0.423. The van der Waals surface area contributed by atoms with E-state index in [0.717, 1.165) is 32.6 Å². The van der Waals surface area contributed by atoms with Crippen LogP contribution in [0.5, 0.6) is 5.75 Å². The molecule has 1 atom stereocenters. The summed E-state index contributed by atoms with van der Waals surface area (Å²) < 4.78 is 0. The van der Waals surface area contributed by atoms with Crippen molar-refractivity contribution in [3.63, 3.8) is 0 Å². The van der Waals surface area contributed by atoms with E-state index in [1.165, 1.54) is 18.2 Å². The first-order valence-corrected chi connectivity index (χ1v) is 6.55. The van der Waals surface area contributed by atoms with Crippen LogP contribution < -0.4 is 5.32 Å². The molecule has 1 saturated heterocycles. The summed E-state index contributed by atoms with van der Waals surface area (Å²) in [6.07, 6.45) is 0.814. The van der Waals surface area contributed by atoms with E-state index in [9.17, 15) is 15.2 Å². The van der Waals surface area contributed by atoms with Gasteiger partial charge < -0.3 is 10.4 Å². The quantitative estimate of drug-likeness (QED) is 0.639. The van der Waals surface area contributed by atoms with Gasteiger partial charge in [-0.25, -0.2) is 0 Å². The molecular weight excluding hydrogens is 246 g/mol. The van der Waals surface area contributed by atoms with Crippen LogP contribution in [-0.2, 0) is 0 Å². The van der Waals surface area contributed by atoms with Crippen molar-refractivity contribution in [3.05, 3.63) is 33.9 Å². The Morgan fingerprint density at radius 1 is 1.47 bits per heavy atom. The highest BCUT2D eigenvalue weighted by atomic mass is 16.6. The number of nitro benzene ring substituents is 1. The SMILES string of the molecule is CC[C@@H](c1cc([N+](=O)[O-])ccc1O)N1CCNCC1. The summed E-state index contributed by atoms with van der Waals surface area (Å²) in [5.41, 5.74) is 0.681. The number of nitrogens with one attached hydrogen (secondary N) is 1. The summed E-state index contributed by atoms with van der Waals surface area (Å²) in [5, 5.41) is 24.1. The van der Waals surface area contributed by atoms with Crippen LogP contribution in [0.15, 0.2) is 18.2 Å². The van der Waals surface area contributed by atoms with Gasteiger partial charge >= 0.3 is 0 Å². The van der Waals surface area contributed by atoms with Crippen LogP contribution in [0.2, 0.25) is 0 Å². The molecule has 104 valence electrons. The largest absolute Gasteiger partial charge is 0.508 e. The first-order valence-electron chi connectivity index (χ1n) is 6.55. The normalized spacial score (nSPS) is 18.2. The Balaban J connectivity index is 2.30. The van der Waals surface area contributed by atoms with Crippen molar-refractivity contribution in [1.82, 2.24) is 10.2 Å². The molecule has 1 aromatic rings. The lowest BCUT2D eigenvalue weighted by molar-refractivity contribution is -0.385. The Morgan fingerprint density at radius 2 is 2.16 bits per heavy atom. The molecule has 1 heterocycles. The van der Waals surface area contributed by atoms with Gasteiger partial charge in [0.2, 0.25) is 0 Å². The maximum absolute atomic E-state index is 10.9. The molecule has 1 aliphatic rings. The predicted octanol–water partition coefficient (Wildman–Crippen LogP) is 1.66. The van der Waals surface area contributed by atoms with Crippen LogP contribution >= 0.6 is 0 Å². The van der Waals surface area contributed by atoms with Crippen molar-refractivity contribution < 1.29 is 10.0 Å². The third-order valence-electron chi connectivity index (χ3n) is 3.56. The summed E-state index contributed by atoms with van der Waals surface area (Å²) in [5.74, 6) is 0.135. The van der Waals surface area contributed by atoms with Crippen LogP contribution in [0.25, 0.3) is 0 Å². The number of non-ortho nitro benzene ring substituents is 1. The van der Waals surface area contributed by atoms with Gasteiger partial charge in [-0.15, -0.1) is 0 Å². The first kappa shape index (κ1) is 13.8. The number of benzene rings is 1. The highest BCUT2D eigenvalue weighted by Gasteiger charge is 2.24. The summed E-state index contributed by atoms with van der Waals surface area (Å²) in [7, 11) is 0. The van der Waals surface area contributed by atoms with Crippen LogP contribution in [-0.4, -0.2) is 41.1 Å². The van der Waals surface area contributed by atoms with Crippen molar-refractivity contribution in [3.8, 4) is 5.75 Å². The van der Waals surface area contributed by atoms with Crippen LogP contribution in [0, 0.1) is 10.1 Å². The monoisotopic (exact) mass is 265 g/mol. The van der Waals surface area contributed by atoms with Crippen molar-refractivity contribution >= 4 is 5.69 Å². The van der Waals surface area contributed by atoms with E-state index in [-0.39, 0.29) is 17.5 Å². The van der Waals surface area contributed by atoms with Gasteiger partial charge in [0.05, 0.1) is 4.92 Å². The molecular formula is C13H19N3O3. The Hall–Kier alpha value is -1.66. The molecule has 1 fully saturated rings. The molecule has 2 N–H and O–H groups in total. The van der Waals surface area contributed by atoms with Gasteiger partial charge in [0, 0.05) is 49.9 Å². The van der Waals surface area contributed by atoms with Gasteiger partial charge in [-0.05, 0) is 12.5 Å². The topological polar surface area (TPSA) is 78.6 Å². The lowest BCUT2D eigenvalue weighted by atomic mass is 10.00. The molecule has 0 aromatic heterocycles.